The number of ketones is 1. The Hall–Kier alpha value is -2.29. The number of aliphatic hydroxyl groups is 1. The normalized spacial score (nSPS) is 18.9. The van der Waals surface area contributed by atoms with E-state index in [1.807, 2.05) is 24.3 Å². The molecule has 2 rings (SSSR count). The molecule has 0 amide bonds. The van der Waals surface area contributed by atoms with Crippen LogP contribution in [0.15, 0.2) is 66.2 Å². The fraction of sp³-hybridized carbons (Fsp3) is 0.188. The maximum absolute atomic E-state index is 11.9. The molecule has 1 atom stereocenters. The molecule has 0 bridgehead atoms. The van der Waals surface area contributed by atoms with Crippen LogP contribution in [0, 0.1) is 5.92 Å². The number of allylic oxidation sites excluding steroid dienone is 5. The lowest BCUT2D eigenvalue weighted by Crippen LogP contribution is -2.05. The number of aliphatic hydroxyl groups excluding tert-OH is 1. The molecule has 0 heterocycles. The van der Waals surface area contributed by atoms with Crippen molar-refractivity contribution in [3.63, 3.8) is 0 Å². The maximum atomic E-state index is 11.9. The van der Waals surface area contributed by atoms with Gasteiger partial charge in [0.1, 0.15) is 5.76 Å². The summed E-state index contributed by atoms with van der Waals surface area (Å²) >= 11 is 0. The van der Waals surface area contributed by atoms with Crippen molar-refractivity contribution in [1.29, 1.82) is 0 Å². The molecule has 1 aromatic rings. The number of ether oxygens (including phenoxy) is 1. The van der Waals surface area contributed by atoms with Gasteiger partial charge in [-0.15, -0.1) is 0 Å². The quantitative estimate of drug-likeness (QED) is 0.663. The van der Waals surface area contributed by atoms with Crippen molar-refractivity contribution in [3.05, 3.63) is 71.7 Å². The smallest absolute Gasteiger partial charge is 0.185 e. The van der Waals surface area contributed by atoms with Crippen molar-refractivity contribution in [1.82, 2.24) is 0 Å². The lowest BCUT2D eigenvalue weighted by atomic mass is 9.97. The Kier molecular flexibility index (Phi) is 4.18. The fourth-order valence-electron chi connectivity index (χ4n) is 1.93. The molecule has 3 nitrogen and oxygen atoms in total. The molecule has 0 saturated heterocycles. The van der Waals surface area contributed by atoms with Gasteiger partial charge in [-0.25, -0.2) is 0 Å². The number of rotatable bonds is 4. The van der Waals surface area contributed by atoms with Gasteiger partial charge in [0.25, 0.3) is 0 Å². The van der Waals surface area contributed by atoms with E-state index in [2.05, 4.69) is 0 Å². The molecule has 19 heavy (non-hydrogen) atoms. The second-order valence-electron chi connectivity index (χ2n) is 4.33. The van der Waals surface area contributed by atoms with Gasteiger partial charge in [-0.05, 0) is 12.2 Å². The first-order chi connectivity index (χ1) is 9.20. The van der Waals surface area contributed by atoms with Crippen LogP contribution in [0.25, 0.3) is 0 Å². The van der Waals surface area contributed by atoms with Gasteiger partial charge < -0.3 is 9.84 Å². The molecule has 98 valence electrons. The highest BCUT2D eigenvalue weighted by atomic mass is 16.5. The highest BCUT2D eigenvalue weighted by Gasteiger charge is 2.14. The van der Waals surface area contributed by atoms with Gasteiger partial charge >= 0.3 is 0 Å². The van der Waals surface area contributed by atoms with Crippen molar-refractivity contribution in [3.8, 4) is 0 Å². The second kappa shape index (κ2) is 6.05. The lowest BCUT2D eigenvalue weighted by Gasteiger charge is -2.15. The summed E-state index contributed by atoms with van der Waals surface area (Å²) in [6, 6.07) is 9.11. The summed E-state index contributed by atoms with van der Waals surface area (Å²) in [4.78, 5) is 11.9. The summed E-state index contributed by atoms with van der Waals surface area (Å²) in [5.41, 5.74) is 0.663. The predicted octanol–water partition coefficient (Wildman–Crippen LogP) is 3.42. The molecule has 0 saturated carbocycles. The zero-order chi connectivity index (χ0) is 13.7. The number of methoxy groups -OCH3 is 1. The molecule has 1 unspecified atom stereocenters. The van der Waals surface area contributed by atoms with E-state index in [9.17, 15) is 9.90 Å². The zero-order valence-electron chi connectivity index (χ0n) is 10.7. The minimum Gasteiger partial charge on any atom is -0.508 e. The van der Waals surface area contributed by atoms with Crippen LogP contribution in [0.1, 0.15) is 16.8 Å². The van der Waals surface area contributed by atoms with Crippen LogP contribution in [0.2, 0.25) is 0 Å². The summed E-state index contributed by atoms with van der Waals surface area (Å²) < 4.78 is 5.00. The number of hydrogen-bond acceptors (Lipinski definition) is 3. The summed E-state index contributed by atoms with van der Waals surface area (Å²) in [5, 5.41) is 9.71. The molecule has 0 fully saturated rings. The van der Waals surface area contributed by atoms with Gasteiger partial charge in [0.15, 0.2) is 11.5 Å². The van der Waals surface area contributed by atoms with Gasteiger partial charge in [-0.3, -0.25) is 4.79 Å². The third-order valence-corrected chi connectivity index (χ3v) is 2.98. The first-order valence-corrected chi connectivity index (χ1v) is 6.12. The van der Waals surface area contributed by atoms with E-state index >= 15 is 0 Å². The van der Waals surface area contributed by atoms with Crippen LogP contribution in [0.4, 0.5) is 0 Å². The van der Waals surface area contributed by atoms with Gasteiger partial charge in [-0.1, -0.05) is 42.5 Å². The molecular formula is C16H16O3. The highest BCUT2D eigenvalue weighted by molar-refractivity contribution is 6.04. The average molecular weight is 256 g/mol. The van der Waals surface area contributed by atoms with E-state index in [0.717, 1.165) is 0 Å². The Balaban J connectivity index is 2.00. The third kappa shape index (κ3) is 3.35. The molecule has 1 aliphatic rings. The summed E-state index contributed by atoms with van der Waals surface area (Å²) in [7, 11) is 1.52. The van der Waals surface area contributed by atoms with E-state index in [-0.39, 0.29) is 17.5 Å². The zero-order valence-corrected chi connectivity index (χ0v) is 10.7. The van der Waals surface area contributed by atoms with Crippen LogP contribution >= 0.6 is 0 Å². The Morgan fingerprint density at radius 2 is 2.11 bits per heavy atom. The summed E-state index contributed by atoms with van der Waals surface area (Å²) in [6.45, 7) is 0. The standard InChI is InChI=1S/C16H16O3/c1-19-16-10-8-12(11-15(16)18)7-9-14(17)13-5-3-2-4-6-13/h2-10,12,18H,11H2,1H3/b9-7+. The summed E-state index contributed by atoms with van der Waals surface area (Å²) in [5.74, 6) is 0.687. The van der Waals surface area contributed by atoms with Gasteiger partial charge in [0.05, 0.1) is 7.11 Å². The van der Waals surface area contributed by atoms with E-state index in [1.54, 1.807) is 30.4 Å². The van der Waals surface area contributed by atoms with Crippen LogP contribution in [-0.2, 0) is 4.74 Å². The van der Waals surface area contributed by atoms with Crippen LogP contribution in [0.5, 0.6) is 0 Å². The summed E-state index contributed by atoms with van der Waals surface area (Å²) in [6.07, 6.45) is 7.44. The largest absolute Gasteiger partial charge is 0.508 e. The highest BCUT2D eigenvalue weighted by Crippen LogP contribution is 2.23. The Morgan fingerprint density at radius 1 is 1.37 bits per heavy atom. The van der Waals surface area contributed by atoms with Gasteiger partial charge in [-0.2, -0.15) is 0 Å². The first kappa shape index (κ1) is 13.1. The number of carbonyl (C=O) groups excluding carboxylic acids is 1. The SMILES string of the molecule is COC1=C(O)CC(/C=C/C(=O)c2ccccc2)C=C1. The predicted molar refractivity (Wildman–Crippen MR) is 73.8 cm³/mol. The first-order valence-electron chi connectivity index (χ1n) is 6.12. The van der Waals surface area contributed by atoms with Crippen molar-refractivity contribution in [2.24, 2.45) is 5.92 Å². The lowest BCUT2D eigenvalue weighted by molar-refractivity contribution is 0.104. The van der Waals surface area contributed by atoms with E-state index < -0.39 is 0 Å². The molecule has 0 radical (unpaired) electrons. The Bertz CT molecular complexity index is 538. The third-order valence-electron chi connectivity index (χ3n) is 2.98. The topological polar surface area (TPSA) is 46.5 Å². The number of carbonyl (C=O) groups is 1. The van der Waals surface area contributed by atoms with Crippen molar-refractivity contribution in [2.45, 2.75) is 6.42 Å². The second-order valence-corrected chi connectivity index (χ2v) is 4.33. The fourth-order valence-corrected chi connectivity index (χ4v) is 1.93. The Morgan fingerprint density at radius 3 is 2.74 bits per heavy atom. The minimum atomic E-state index is -0.0324. The van der Waals surface area contributed by atoms with Crippen molar-refractivity contribution < 1.29 is 14.6 Å². The van der Waals surface area contributed by atoms with E-state index in [0.29, 0.717) is 17.7 Å². The van der Waals surface area contributed by atoms with E-state index in [4.69, 9.17) is 4.74 Å². The molecule has 1 N–H and O–H groups in total. The van der Waals surface area contributed by atoms with Crippen LogP contribution in [0.3, 0.4) is 0 Å². The molecular weight excluding hydrogens is 240 g/mol. The Labute approximate surface area is 112 Å². The van der Waals surface area contributed by atoms with E-state index in [1.165, 1.54) is 7.11 Å². The maximum Gasteiger partial charge on any atom is 0.185 e. The molecule has 0 aliphatic heterocycles. The van der Waals surface area contributed by atoms with Gasteiger partial charge in [0, 0.05) is 17.9 Å². The monoisotopic (exact) mass is 256 g/mol. The van der Waals surface area contributed by atoms with Crippen LogP contribution < -0.4 is 0 Å². The van der Waals surface area contributed by atoms with Crippen molar-refractivity contribution in [2.75, 3.05) is 7.11 Å². The molecule has 1 aliphatic carbocycles. The molecule has 3 heteroatoms. The molecule has 0 aromatic heterocycles. The molecule has 1 aromatic carbocycles. The minimum absolute atomic E-state index is 0.0200. The molecule has 0 spiro atoms. The number of benzene rings is 1. The van der Waals surface area contributed by atoms with Crippen LogP contribution in [-0.4, -0.2) is 18.0 Å². The van der Waals surface area contributed by atoms with Gasteiger partial charge in [0.2, 0.25) is 0 Å². The van der Waals surface area contributed by atoms with Crippen molar-refractivity contribution >= 4 is 5.78 Å². The average Bonchev–Trinajstić information content (AvgIpc) is 2.46. The number of hydrogen-bond donors (Lipinski definition) is 1.